The Bertz CT molecular complexity index is 98.9. The molecule has 0 unspecified atom stereocenters. The minimum atomic E-state index is 0. The zero-order chi connectivity index (χ0) is 8.24. The second-order valence-electron chi connectivity index (χ2n) is 1.41. The number of hydrogen-bond donors (Lipinski definition) is 0. The summed E-state index contributed by atoms with van der Waals surface area (Å²) in [6.07, 6.45) is 0. The molecule has 0 saturated carbocycles. The van der Waals surface area contributed by atoms with Crippen LogP contribution < -0.4 is 24.8 Å². The van der Waals surface area contributed by atoms with Gasteiger partial charge in [-0.2, -0.15) is 32.3 Å². The summed E-state index contributed by atoms with van der Waals surface area (Å²) in [6, 6.07) is 10.0. The van der Waals surface area contributed by atoms with Gasteiger partial charge in [-0.3, -0.25) is 0 Å². The SMILES string of the molecule is C[N-]C.[Cl-].[Cl-].[SiH2]=[Zr+2].c1cc[cH-]c1. The summed E-state index contributed by atoms with van der Waals surface area (Å²) >= 11 is 1.58. The number of hydrogen-bond acceptors (Lipinski definition) is 0. The third kappa shape index (κ3) is 30.6. The van der Waals surface area contributed by atoms with E-state index in [1.807, 2.05) is 37.2 Å². The Kier molecular flexibility index (Phi) is 57.1. The first-order chi connectivity index (χ1) is 4.91. The Morgan fingerprint density at radius 1 is 1.08 bits per heavy atom. The van der Waals surface area contributed by atoms with Crippen LogP contribution in [0, 0.1) is 0 Å². The Morgan fingerprint density at radius 2 is 1.33 bits per heavy atom. The van der Waals surface area contributed by atoms with Crippen molar-refractivity contribution in [1.29, 1.82) is 0 Å². The molecule has 0 aromatic heterocycles. The first kappa shape index (κ1) is 23.1. The molecule has 0 atom stereocenters. The molecule has 1 nitrogen and oxygen atoms in total. The van der Waals surface area contributed by atoms with Gasteiger partial charge in [-0.05, 0) is 0 Å². The zero-order valence-electron chi connectivity index (χ0n) is 7.30. The Balaban J connectivity index is -0.0000000415. The number of halogens is 2. The summed E-state index contributed by atoms with van der Waals surface area (Å²) in [6.45, 7) is 1.95. The summed E-state index contributed by atoms with van der Waals surface area (Å²) < 4.78 is 0. The number of rotatable bonds is 0. The van der Waals surface area contributed by atoms with E-state index in [1.165, 1.54) is 0 Å². The maximum Gasteiger partial charge on any atom is -0.172 e. The van der Waals surface area contributed by atoms with Crippen molar-refractivity contribution < 1.29 is 48.1 Å². The molecule has 0 N–H and O–H groups in total. The molecule has 0 heterocycles. The molecule has 0 amide bonds. The fourth-order valence-electron chi connectivity index (χ4n) is 0.321. The van der Waals surface area contributed by atoms with Gasteiger partial charge in [-0.15, -0.1) is 0 Å². The molecule has 1 aromatic carbocycles. The molecule has 1 rings (SSSR count). The quantitative estimate of drug-likeness (QED) is 0.337. The van der Waals surface area contributed by atoms with E-state index in [4.69, 9.17) is 0 Å². The predicted molar refractivity (Wildman–Crippen MR) is 45.8 cm³/mol. The molecule has 1 aromatic rings. The molecule has 0 spiro atoms. The van der Waals surface area contributed by atoms with Crippen LogP contribution in [-0.2, 0) is 23.3 Å². The monoisotopic (exact) mass is 299 g/mol. The molecule has 0 aliphatic rings. The van der Waals surface area contributed by atoms with Gasteiger partial charge in [0.05, 0.1) is 0 Å². The van der Waals surface area contributed by atoms with Crippen LogP contribution in [0.4, 0.5) is 0 Å². The van der Waals surface area contributed by atoms with E-state index in [2.05, 4.69) is 5.32 Å². The van der Waals surface area contributed by atoms with Crippen molar-refractivity contribution in [2.75, 3.05) is 14.1 Å². The van der Waals surface area contributed by atoms with Gasteiger partial charge in [-0.25, -0.2) is 12.1 Å². The molecular weight excluding hydrogens is 288 g/mol. The normalized spacial score (nSPS) is 5.33. The molecule has 12 heavy (non-hydrogen) atoms. The van der Waals surface area contributed by atoms with Crippen molar-refractivity contribution in [3.8, 4) is 0 Å². The van der Waals surface area contributed by atoms with Gasteiger partial charge >= 0.3 is 30.2 Å². The van der Waals surface area contributed by atoms with Gasteiger partial charge in [0.2, 0.25) is 0 Å². The zero-order valence-corrected chi connectivity index (χ0v) is 12.7. The largest absolute Gasteiger partial charge is 0.214 e. The fourth-order valence-corrected chi connectivity index (χ4v) is 0.321. The van der Waals surface area contributed by atoms with Crippen molar-refractivity contribution in [3.05, 3.63) is 35.6 Å². The van der Waals surface area contributed by atoms with E-state index in [1.54, 1.807) is 37.4 Å². The predicted octanol–water partition coefficient (Wildman–Crippen LogP) is -4.89. The van der Waals surface area contributed by atoms with Crippen molar-refractivity contribution in [2.24, 2.45) is 0 Å². The van der Waals surface area contributed by atoms with Crippen LogP contribution in [-0.4, -0.2) is 21.0 Å². The maximum atomic E-state index is 3.50. The summed E-state index contributed by atoms with van der Waals surface area (Å²) in [4.78, 5) is 0. The van der Waals surface area contributed by atoms with Crippen LogP contribution in [0.1, 0.15) is 0 Å². The standard InChI is InChI=1S/C5H5.C2H6N.2ClH.H2Si.Zr/c1-2-4-5-3-1;1-3-2;;;;/h1-5H;1-2H3;2*1H;1H2;/q2*-1;;;;+2/p-2. The minimum Gasteiger partial charge on any atom is -0.214 e. The van der Waals surface area contributed by atoms with E-state index in [-0.39, 0.29) is 24.8 Å². The van der Waals surface area contributed by atoms with Gasteiger partial charge in [0, 0.05) is 0 Å². The minimum absolute atomic E-state index is 0. The van der Waals surface area contributed by atoms with Gasteiger partial charge in [0.25, 0.3) is 0 Å². The average Bonchev–Trinajstić information content (AvgIpc) is 2.48. The van der Waals surface area contributed by atoms with Crippen molar-refractivity contribution in [2.45, 2.75) is 0 Å². The van der Waals surface area contributed by atoms with Crippen molar-refractivity contribution in [1.82, 2.24) is 0 Å². The second kappa shape index (κ2) is 29.6. The van der Waals surface area contributed by atoms with Gasteiger partial charge in [-0.1, -0.05) is 0 Å². The van der Waals surface area contributed by atoms with E-state index in [0.717, 1.165) is 0 Å². The molecule has 0 saturated heterocycles. The van der Waals surface area contributed by atoms with E-state index in [0.29, 0.717) is 0 Å². The first-order valence-corrected chi connectivity index (χ1v) is 8.84. The molecule has 70 valence electrons. The van der Waals surface area contributed by atoms with Crippen molar-refractivity contribution in [3.63, 3.8) is 0 Å². The van der Waals surface area contributed by atoms with E-state index >= 15 is 0 Å². The Labute approximate surface area is 104 Å². The van der Waals surface area contributed by atoms with Gasteiger partial charge < -0.3 is 30.1 Å². The molecule has 5 heteroatoms. The van der Waals surface area contributed by atoms with Crippen LogP contribution in [0.3, 0.4) is 0 Å². The van der Waals surface area contributed by atoms with Crippen molar-refractivity contribution >= 4 is 6.88 Å². The molecule has 0 fully saturated rings. The van der Waals surface area contributed by atoms with Crippen LogP contribution in [0.2, 0.25) is 0 Å². The molecule has 0 aliphatic heterocycles. The summed E-state index contributed by atoms with van der Waals surface area (Å²) in [7, 11) is 3.50. The Hall–Kier alpha value is 0.990. The molecular formula is C7H13Cl2NSiZr-2. The van der Waals surface area contributed by atoms with E-state index < -0.39 is 0 Å². The smallest absolute Gasteiger partial charge is 0.172 e. The molecule has 0 aliphatic carbocycles. The summed E-state index contributed by atoms with van der Waals surface area (Å²) in [5, 5.41) is 3.50. The van der Waals surface area contributed by atoms with Crippen LogP contribution >= 0.6 is 0 Å². The molecule has 0 bridgehead atoms. The van der Waals surface area contributed by atoms with Crippen LogP contribution in [0.15, 0.2) is 30.3 Å². The maximum absolute atomic E-state index is 3.50. The second-order valence-corrected chi connectivity index (χ2v) is 1.41. The fraction of sp³-hybridized carbons (Fsp3) is 0.286. The number of nitrogens with zero attached hydrogens (tertiary/aromatic N) is 1. The van der Waals surface area contributed by atoms with Crippen LogP contribution in [0.5, 0.6) is 0 Å². The third-order valence-electron chi connectivity index (χ3n) is 0.556. The molecule has 0 radical (unpaired) electrons. The first-order valence-electron chi connectivity index (χ1n) is 2.91. The van der Waals surface area contributed by atoms with Gasteiger partial charge in [0.15, 0.2) is 0 Å². The summed E-state index contributed by atoms with van der Waals surface area (Å²) in [5.41, 5.74) is 0. The average molecular weight is 301 g/mol. The third-order valence-corrected chi connectivity index (χ3v) is 0.556. The van der Waals surface area contributed by atoms with Crippen LogP contribution in [0.25, 0.3) is 5.32 Å². The van der Waals surface area contributed by atoms with E-state index in [9.17, 15) is 0 Å². The Morgan fingerprint density at radius 3 is 1.42 bits per heavy atom. The summed E-state index contributed by atoms with van der Waals surface area (Å²) in [5.74, 6) is 0. The van der Waals surface area contributed by atoms with Gasteiger partial charge in [0.1, 0.15) is 0 Å². The topological polar surface area (TPSA) is 14.1 Å².